The zero-order valence-corrected chi connectivity index (χ0v) is 17.9. The van der Waals surface area contributed by atoms with Crippen LogP contribution in [-0.2, 0) is 44.2 Å². The van der Waals surface area contributed by atoms with Crippen molar-refractivity contribution in [1.82, 2.24) is 14.0 Å². The van der Waals surface area contributed by atoms with Crippen molar-refractivity contribution in [2.45, 2.75) is 42.0 Å². The van der Waals surface area contributed by atoms with Gasteiger partial charge in [0.1, 0.15) is 16.3 Å². The molecule has 0 atom stereocenters. The lowest BCUT2D eigenvalue weighted by molar-refractivity contribution is -0.116. The van der Waals surface area contributed by atoms with Crippen molar-refractivity contribution in [2.75, 3.05) is 19.4 Å². The maximum absolute atomic E-state index is 12.6. The van der Waals surface area contributed by atoms with Crippen molar-refractivity contribution >= 4 is 31.6 Å². The molecule has 1 aliphatic rings. The van der Waals surface area contributed by atoms with Crippen LogP contribution in [0.1, 0.15) is 24.0 Å². The summed E-state index contributed by atoms with van der Waals surface area (Å²) in [6.07, 6.45) is 6.33. The van der Waals surface area contributed by atoms with E-state index >= 15 is 0 Å². The molecule has 3 N–H and O–H groups in total. The van der Waals surface area contributed by atoms with E-state index in [-0.39, 0.29) is 12.5 Å². The van der Waals surface area contributed by atoms with Gasteiger partial charge in [-0.1, -0.05) is 12.1 Å². The Labute approximate surface area is 170 Å². The fourth-order valence-corrected chi connectivity index (χ4v) is 5.72. The number of hydrogen-bond donors (Lipinski definition) is 3. The molecule has 9 nitrogen and oxygen atoms in total. The number of rotatable bonds is 7. The van der Waals surface area contributed by atoms with Crippen LogP contribution >= 0.6 is 0 Å². The van der Waals surface area contributed by atoms with Crippen LogP contribution < -0.4 is 14.8 Å². The number of anilines is 1. The van der Waals surface area contributed by atoms with Crippen LogP contribution in [0.15, 0.2) is 40.4 Å². The Balaban J connectivity index is 1.87. The molecule has 1 heterocycles. The van der Waals surface area contributed by atoms with Gasteiger partial charge in [-0.2, -0.15) is 0 Å². The van der Waals surface area contributed by atoms with Crippen LogP contribution in [0.2, 0.25) is 0 Å². The summed E-state index contributed by atoms with van der Waals surface area (Å²) >= 11 is 0. The first-order valence-corrected chi connectivity index (χ1v) is 12.1. The minimum Gasteiger partial charge on any atom is -0.342 e. The summed E-state index contributed by atoms with van der Waals surface area (Å²) in [5.74, 6) is -0.374. The summed E-state index contributed by atoms with van der Waals surface area (Å²) in [5.41, 5.74) is 3.09. The Bertz CT molecular complexity index is 1090. The number of amides is 1. The largest absolute Gasteiger partial charge is 0.342 e. The molecule has 0 fully saturated rings. The molecule has 1 aromatic heterocycles. The second-order valence-corrected chi connectivity index (χ2v) is 10.5. The first kappa shape index (κ1) is 21.5. The zero-order chi connectivity index (χ0) is 21.2. The molecule has 158 valence electrons. The van der Waals surface area contributed by atoms with Gasteiger partial charge in [0.25, 0.3) is 0 Å². The van der Waals surface area contributed by atoms with Gasteiger partial charge in [0.05, 0.1) is 0 Å². The van der Waals surface area contributed by atoms with E-state index in [4.69, 9.17) is 0 Å². The predicted molar refractivity (Wildman–Crippen MR) is 109 cm³/mol. The van der Waals surface area contributed by atoms with Crippen molar-refractivity contribution < 1.29 is 21.6 Å². The fraction of sp³-hybridized carbons (Fsp3) is 0.389. The molecule has 0 radical (unpaired) electrons. The monoisotopic (exact) mass is 440 g/mol. The van der Waals surface area contributed by atoms with E-state index in [1.54, 1.807) is 0 Å². The number of nitrogens with zero attached hydrogens (tertiary/aromatic N) is 1. The quantitative estimate of drug-likeness (QED) is 0.588. The van der Waals surface area contributed by atoms with Crippen LogP contribution in [-0.4, -0.2) is 41.4 Å². The van der Waals surface area contributed by atoms with E-state index in [9.17, 15) is 21.6 Å². The van der Waals surface area contributed by atoms with E-state index in [0.717, 1.165) is 49.3 Å². The zero-order valence-electron chi connectivity index (χ0n) is 16.2. The minimum atomic E-state index is -4.03. The molecular formula is C18H24N4O5S2. The number of aromatic nitrogens is 1. The number of benzene rings is 1. The second kappa shape index (κ2) is 8.27. The van der Waals surface area contributed by atoms with Gasteiger partial charge in [-0.05, 0) is 57.0 Å². The predicted octanol–water partition coefficient (Wildman–Crippen LogP) is 0.822. The molecule has 0 bridgehead atoms. The fourth-order valence-electron chi connectivity index (χ4n) is 3.43. The highest BCUT2D eigenvalue weighted by Crippen LogP contribution is 2.28. The van der Waals surface area contributed by atoms with E-state index in [1.165, 1.54) is 24.2 Å². The Morgan fingerprint density at radius 2 is 1.55 bits per heavy atom. The van der Waals surface area contributed by atoms with Crippen LogP contribution in [0.5, 0.6) is 0 Å². The summed E-state index contributed by atoms with van der Waals surface area (Å²) in [5, 5.41) is 2.86. The first-order valence-electron chi connectivity index (χ1n) is 9.15. The number of fused-ring (bicyclic) bond motifs is 1. The van der Waals surface area contributed by atoms with Crippen LogP contribution in [0.3, 0.4) is 0 Å². The van der Waals surface area contributed by atoms with Gasteiger partial charge in [0.2, 0.25) is 26.0 Å². The van der Waals surface area contributed by atoms with E-state index in [0.29, 0.717) is 0 Å². The summed E-state index contributed by atoms with van der Waals surface area (Å²) in [6, 6.07) is 5.79. The molecule has 11 heteroatoms. The van der Waals surface area contributed by atoms with Crippen LogP contribution in [0.4, 0.5) is 5.69 Å². The van der Waals surface area contributed by atoms with E-state index < -0.39 is 29.8 Å². The highest BCUT2D eigenvalue weighted by atomic mass is 32.2. The molecule has 3 rings (SSSR count). The third-order valence-corrected chi connectivity index (χ3v) is 7.93. The lowest BCUT2D eigenvalue weighted by Gasteiger charge is -2.19. The summed E-state index contributed by atoms with van der Waals surface area (Å²) in [7, 11) is -5.68. The second-order valence-electron chi connectivity index (χ2n) is 6.77. The van der Waals surface area contributed by atoms with E-state index in [2.05, 4.69) is 20.8 Å². The molecule has 1 amide bonds. The standard InChI is InChI=1S/C18H24N4O5S2/c1-19-28(24,25)16-10-22(11-17(16)29(26,27)20-2)12-18(23)21-15-9-5-7-13-6-3-4-8-14(13)15/h5,7,9-11,19-20H,3-4,6,8,12H2,1-2H3,(H,21,23). The average Bonchev–Trinajstić information content (AvgIpc) is 3.14. The lowest BCUT2D eigenvalue weighted by atomic mass is 9.90. The molecule has 0 unspecified atom stereocenters. The Morgan fingerprint density at radius 1 is 0.966 bits per heavy atom. The average molecular weight is 441 g/mol. The number of nitrogens with one attached hydrogen (secondary N) is 3. The molecule has 1 aliphatic carbocycles. The smallest absolute Gasteiger partial charge is 0.244 e. The minimum absolute atomic E-state index is 0.227. The van der Waals surface area contributed by atoms with Gasteiger partial charge < -0.3 is 9.88 Å². The van der Waals surface area contributed by atoms with Crippen LogP contribution in [0, 0.1) is 0 Å². The van der Waals surface area contributed by atoms with Gasteiger partial charge >= 0.3 is 0 Å². The normalized spacial score (nSPS) is 14.4. The van der Waals surface area contributed by atoms with Crippen molar-refractivity contribution in [3.8, 4) is 0 Å². The van der Waals surface area contributed by atoms with Gasteiger partial charge in [-0.25, -0.2) is 26.3 Å². The third kappa shape index (κ3) is 4.53. The van der Waals surface area contributed by atoms with Crippen molar-refractivity contribution in [3.63, 3.8) is 0 Å². The van der Waals surface area contributed by atoms with Gasteiger partial charge in [-0.15, -0.1) is 0 Å². The Morgan fingerprint density at radius 3 is 2.14 bits per heavy atom. The Kier molecular flexibility index (Phi) is 6.13. The van der Waals surface area contributed by atoms with Crippen molar-refractivity contribution in [1.29, 1.82) is 0 Å². The summed E-state index contributed by atoms with van der Waals surface area (Å²) in [6.45, 7) is -0.227. The van der Waals surface area contributed by atoms with Gasteiger partial charge in [0.15, 0.2) is 0 Å². The molecule has 1 aromatic carbocycles. The molecule has 0 spiro atoms. The molecule has 2 aromatic rings. The van der Waals surface area contributed by atoms with Gasteiger partial charge in [0, 0.05) is 18.1 Å². The molecule has 0 saturated heterocycles. The summed E-state index contributed by atoms with van der Waals surface area (Å²) < 4.78 is 54.3. The highest BCUT2D eigenvalue weighted by molar-refractivity contribution is 7.92. The number of hydrogen-bond acceptors (Lipinski definition) is 5. The molecule has 0 aliphatic heterocycles. The number of sulfonamides is 2. The van der Waals surface area contributed by atoms with Crippen molar-refractivity contribution in [3.05, 3.63) is 41.7 Å². The topological polar surface area (TPSA) is 126 Å². The maximum atomic E-state index is 12.6. The first-order chi connectivity index (χ1) is 13.7. The van der Waals surface area contributed by atoms with Crippen LogP contribution in [0.25, 0.3) is 0 Å². The molecule has 29 heavy (non-hydrogen) atoms. The third-order valence-electron chi connectivity index (χ3n) is 4.92. The number of carbonyl (C=O) groups is 1. The SMILES string of the molecule is CNS(=O)(=O)c1cn(CC(=O)Nc2cccc3c2CCCC3)cc1S(=O)(=O)NC. The maximum Gasteiger partial charge on any atom is 0.244 e. The number of carbonyl (C=O) groups excluding carboxylic acids is 1. The summed E-state index contributed by atoms with van der Waals surface area (Å²) in [4.78, 5) is 11.7. The Hall–Kier alpha value is -2.21. The molecular weight excluding hydrogens is 416 g/mol. The number of aryl methyl sites for hydroxylation is 1. The molecule has 0 saturated carbocycles. The van der Waals surface area contributed by atoms with Gasteiger partial charge in [-0.3, -0.25) is 4.79 Å². The lowest BCUT2D eigenvalue weighted by Crippen LogP contribution is -2.24. The van der Waals surface area contributed by atoms with Crippen molar-refractivity contribution in [2.24, 2.45) is 0 Å². The van der Waals surface area contributed by atoms with E-state index in [1.807, 2.05) is 12.1 Å². The highest BCUT2D eigenvalue weighted by Gasteiger charge is 2.28.